The number of benzene rings is 4. The normalized spacial score (nSPS) is 10.1. The van der Waals surface area contributed by atoms with E-state index >= 15 is 0 Å². The van der Waals surface area contributed by atoms with Gasteiger partial charge in [-0.25, -0.2) is 0 Å². The van der Waals surface area contributed by atoms with E-state index in [0.29, 0.717) is 0 Å². The summed E-state index contributed by atoms with van der Waals surface area (Å²) in [5.41, 5.74) is 11.5. The quantitative estimate of drug-likeness (QED) is 0.229. The molecule has 0 saturated heterocycles. The molecular formula is C37H48. The molecule has 0 heteroatoms. The second-order valence-electron chi connectivity index (χ2n) is 9.99. The molecule has 0 saturated carbocycles. The van der Waals surface area contributed by atoms with Gasteiger partial charge < -0.3 is 0 Å². The van der Waals surface area contributed by atoms with Crippen molar-refractivity contribution in [2.75, 3.05) is 0 Å². The Morgan fingerprint density at radius 2 is 0.784 bits per heavy atom. The van der Waals surface area contributed by atoms with Gasteiger partial charge in [0, 0.05) is 0 Å². The fourth-order valence-electron chi connectivity index (χ4n) is 4.44. The predicted octanol–water partition coefficient (Wildman–Crippen LogP) is 10.2. The Kier molecular flexibility index (Phi) is 14.1. The lowest BCUT2D eigenvalue weighted by Crippen LogP contribution is -1.94. The van der Waals surface area contributed by atoms with Crippen LogP contribution in [0.3, 0.4) is 0 Å². The van der Waals surface area contributed by atoms with Crippen molar-refractivity contribution in [1.82, 2.24) is 0 Å². The molecular weight excluding hydrogens is 444 g/mol. The Bertz CT molecular complexity index is 1110. The van der Waals surface area contributed by atoms with Crippen LogP contribution >= 0.6 is 0 Å². The molecule has 0 heterocycles. The maximum Gasteiger partial charge on any atom is -0.0273 e. The van der Waals surface area contributed by atoms with E-state index in [1.165, 1.54) is 76.6 Å². The smallest absolute Gasteiger partial charge is 0.0273 e. The summed E-state index contributed by atoms with van der Waals surface area (Å²) < 4.78 is 0. The van der Waals surface area contributed by atoms with Crippen molar-refractivity contribution in [2.24, 2.45) is 0 Å². The van der Waals surface area contributed by atoms with Crippen LogP contribution in [0.5, 0.6) is 0 Å². The molecule has 37 heavy (non-hydrogen) atoms. The van der Waals surface area contributed by atoms with Crippen LogP contribution < -0.4 is 0 Å². The molecule has 0 fully saturated rings. The van der Waals surface area contributed by atoms with Gasteiger partial charge in [0.1, 0.15) is 0 Å². The van der Waals surface area contributed by atoms with Crippen LogP contribution in [0.15, 0.2) is 97.1 Å². The predicted molar refractivity (Wildman–Crippen MR) is 165 cm³/mol. The number of aryl methyl sites for hydroxylation is 8. The van der Waals surface area contributed by atoms with Crippen LogP contribution in [0.25, 0.3) is 0 Å². The Morgan fingerprint density at radius 3 is 1.19 bits per heavy atom. The van der Waals surface area contributed by atoms with E-state index in [2.05, 4.69) is 139 Å². The summed E-state index contributed by atoms with van der Waals surface area (Å²) in [4.78, 5) is 0. The van der Waals surface area contributed by atoms with Crippen molar-refractivity contribution in [3.8, 4) is 0 Å². The van der Waals surface area contributed by atoms with Crippen molar-refractivity contribution in [2.45, 2.75) is 86.5 Å². The average Bonchev–Trinajstić information content (AvgIpc) is 2.93. The maximum atomic E-state index is 2.27. The van der Waals surface area contributed by atoms with Gasteiger partial charge in [-0.2, -0.15) is 0 Å². The minimum atomic E-state index is 1.14. The van der Waals surface area contributed by atoms with Crippen LogP contribution in [0.2, 0.25) is 0 Å². The minimum absolute atomic E-state index is 1.14. The van der Waals surface area contributed by atoms with E-state index in [-0.39, 0.29) is 0 Å². The van der Waals surface area contributed by atoms with Gasteiger partial charge in [-0.1, -0.05) is 141 Å². The molecule has 4 rings (SSSR count). The molecule has 0 unspecified atom stereocenters. The van der Waals surface area contributed by atoms with E-state index in [9.17, 15) is 0 Å². The molecule has 0 aliphatic heterocycles. The molecule has 0 N–H and O–H groups in total. The van der Waals surface area contributed by atoms with E-state index in [0.717, 1.165) is 12.8 Å². The summed E-state index contributed by atoms with van der Waals surface area (Å²) in [6, 6.07) is 34.9. The second-order valence-corrected chi connectivity index (χ2v) is 9.99. The lowest BCUT2D eigenvalue weighted by molar-refractivity contribution is 0.811. The third-order valence-corrected chi connectivity index (χ3v) is 6.77. The van der Waals surface area contributed by atoms with Crippen molar-refractivity contribution in [3.63, 3.8) is 0 Å². The maximum absolute atomic E-state index is 2.27. The topological polar surface area (TPSA) is 0 Å². The number of rotatable bonds is 8. The molecule has 4 aromatic rings. The number of hydrogen-bond acceptors (Lipinski definition) is 0. The van der Waals surface area contributed by atoms with Gasteiger partial charge in [0.15, 0.2) is 0 Å². The molecule has 0 amide bonds. The van der Waals surface area contributed by atoms with Crippen LogP contribution in [0, 0.1) is 20.8 Å². The molecule has 0 aromatic heterocycles. The molecule has 196 valence electrons. The van der Waals surface area contributed by atoms with Gasteiger partial charge in [0.25, 0.3) is 0 Å². The third kappa shape index (κ3) is 11.6. The molecule has 0 atom stereocenters. The molecule has 0 spiro atoms. The van der Waals surface area contributed by atoms with Gasteiger partial charge in [0.05, 0.1) is 0 Å². The minimum Gasteiger partial charge on any atom is -0.0651 e. The first-order chi connectivity index (χ1) is 18.0. The first-order valence-electron chi connectivity index (χ1n) is 14.2. The second kappa shape index (κ2) is 17.4. The molecule has 0 bridgehead atoms. The summed E-state index contributed by atoms with van der Waals surface area (Å²) in [6.45, 7) is 13.0. The van der Waals surface area contributed by atoms with Crippen LogP contribution in [-0.4, -0.2) is 0 Å². The van der Waals surface area contributed by atoms with Crippen LogP contribution in [0.1, 0.15) is 78.1 Å². The SMILES string of the molecule is CCCc1ccccc1CC.CCc1ccccc1CCCc1ccc(C)cc1.Cc1ccc(C)cc1. The summed E-state index contributed by atoms with van der Waals surface area (Å²) >= 11 is 0. The standard InChI is InChI=1S/C18H22.C11H16.C8H10/c1-3-17-8-4-5-9-18(17)10-6-7-16-13-11-15(2)12-14-16;1-3-7-11-9-6-5-8-10(11)4-2;1-7-3-5-8(2)6-4-7/h4-5,8-9,11-14H,3,6-7,10H2,1-2H3;5-6,8-9H,3-4,7H2,1-2H3;3-6H,1-2H3. The van der Waals surface area contributed by atoms with E-state index in [1.807, 2.05) is 0 Å². The monoisotopic (exact) mass is 492 g/mol. The Labute approximate surface area is 227 Å². The zero-order chi connectivity index (χ0) is 26.9. The first kappa shape index (κ1) is 30.1. The largest absolute Gasteiger partial charge is 0.0651 e. The lowest BCUT2D eigenvalue weighted by atomic mass is 9.98. The molecule has 0 radical (unpaired) electrons. The molecule has 0 aliphatic rings. The van der Waals surface area contributed by atoms with Crippen LogP contribution in [-0.2, 0) is 32.1 Å². The van der Waals surface area contributed by atoms with Crippen molar-refractivity contribution in [3.05, 3.63) is 142 Å². The fourth-order valence-corrected chi connectivity index (χ4v) is 4.44. The highest BCUT2D eigenvalue weighted by molar-refractivity contribution is 5.28. The Balaban J connectivity index is 0.000000215. The Morgan fingerprint density at radius 1 is 0.405 bits per heavy atom. The van der Waals surface area contributed by atoms with E-state index < -0.39 is 0 Å². The highest BCUT2D eigenvalue weighted by atomic mass is 14.1. The van der Waals surface area contributed by atoms with Gasteiger partial charge in [0.2, 0.25) is 0 Å². The van der Waals surface area contributed by atoms with Crippen molar-refractivity contribution in [1.29, 1.82) is 0 Å². The lowest BCUT2D eigenvalue weighted by Gasteiger charge is -2.07. The van der Waals surface area contributed by atoms with Gasteiger partial charge >= 0.3 is 0 Å². The van der Waals surface area contributed by atoms with E-state index in [1.54, 1.807) is 0 Å². The summed E-state index contributed by atoms with van der Waals surface area (Å²) in [5.74, 6) is 0. The van der Waals surface area contributed by atoms with Crippen LogP contribution in [0.4, 0.5) is 0 Å². The highest BCUT2D eigenvalue weighted by Gasteiger charge is 2.00. The van der Waals surface area contributed by atoms with Gasteiger partial charge in [-0.3, -0.25) is 0 Å². The highest BCUT2D eigenvalue weighted by Crippen LogP contribution is 2.14. The van der Waals surface area contributed by atoms with Gasteiger partial charge in [-0.05, 0) is 87.1 Å². The van der Waals surface area contributed by atoms with E-state index in [4.69, 9.17) is 0 Å². The first-order valence-corrected chi connectivity index (χ1v) is 14.2. The third-order valence-electron chi connectivity index (χ3n) is 6.77. The molecule has 0 nitrogen and oxygen atoms in total. The Hall–Kier alpha value is -3.12. The summed E-state index contributed by atoms with van der Waals surface area (Å²) in [6.07, 6.45) is 8.38. The summed E-state index contributed by atoms with van der Waals surface area (Å²) in [7, 11) is 0. The zero-order valence-corrected chi connectivity index (χ0v) is 24.2. The zero-order valence-electron chi connectivity index (χ0n) is 24.2. The molecule has 0 aliphatic carbocycles. The number of hydrogen-bond donors (Lipinski definition) is 0. The van der Waals surface area contributed by atoms with Gasteiger partial charge in [-0.15, -0.1) is 0 Å². The summed E-state index contributed by atoms with van der Waals surface area (Å²) in [5, 5.41) is 0. The van der Waals surface area contributed by atoms with Crippen molar-refractivity contribution >= 4 is 0 Å². The average molecular weight is 493 g/mol. The molecule has 4 aromatic carbocycles. The van der Waals surface area contributed by atoms with Crippen molar-refractivity contribution < 1.29 is 0 Å². The fraction of sp³-hybridized carbons (Fsp3) is 0.351.